The summed E-state index contributed by atoms with van der Waals surface area (Å²) in [5.41, 5.74) is -0.556. The first-order valence-electron chi connectivity index (χ1n) is 10.0. The van der Waals surface area contributed by atoms with Gasteiger partial charge < -0.3 is 14.8 Å². The summed E-state index contributed by atoms with van der Waals surface area (Å²) in [6.45, 7) is 4.95. The normalized spacial score (nSPS) is 11.3. The number of fused-ring (bicyclic) bond motifs is 1. The highest BCUT2D eigenvalue weighted by atomic mass is 79.9. The molecule has 8 nitrogen and oxygen atoms in total. The van der Waals surface area contributed by atoms with E-state index in [9.17, 15) is 14.4 Å². The predicted octanol–water partition coefficient (Wildman–Crippen LogP) is 4.09. The zero-order valence-electron chi connectivity index (χ0n) is 18.6. The molecule has 0 aliphatic rings. The van der Waals surface area contributed by atoms with Crippen LogP contribution in [0.5, 0.6) is 5.75 Å². The van der Waals surface area contributed by atoms with E-state index in [1.165, 1.54) is 19.4 Å². The largest absolute Gasteiger partial charge is 0.495 e. The maximum absolute atomic E-state index is 13.3. The van der Waals surface area contributed by atoms with Gasteiger partial charge in [-0.2, -0.15) is 0 Å². The first kappa shape index (κ1) is 24.7. The minimum atomic E-state index is -0.738. The Balaban J connectivity index is 2.05. The van der Waals surface area contributed by atoms with E-state index in [4.69, 9.17) is 21.1 Å². The van der Waals surface area contributed by atoms with Crippen molar-refractivity contribution >= 4 is 50.4 Å². The Morgan fingerprint density at radius 2 is 1.88 bits per heavy atom. The number of nitrogens with one attached hydrogen (secondary N) is 1. The molecule has 0 bridgehead atoms. The fourth-order valence-electron chi connectivity index (χ4n) is 3.17. The topological polar surface area (TPSA) is 99.5 Å². The van der Waals surface area contributed by atoms with Crippen molar-refractivity contribution in [1.82, 2.24) is 14.9 Å². The van der Waals surface area contributed by atoms with Crippen molar-refractivity contribution in [3.05, 3.63) is 67.5 Å². The summed E-state index contributed by atoms with van der Waals surface area (Å²) in [7, 11) is 1.46. The van der Waals surface area contributed by atoms with Gasteiger partial charge in [0.15, 0.2) is 0 Å². The first-order chi connectivity index (χ1) is 15.5. The number of benzene rings is 1. The van der Waals surface area contributed by atoms with Gasteiger partial charge in [0.1, 0.15) is 29.1 Å². The zero-order chi connectivity index (χ0) is 24.3. The zero-order valence-corrected chi connectivity index (χ0v) is 20.9. The van der Waals surface area contributed by atoms with E-state index in [2.05, 4.69) is 26.2 Å². The van der Waals surface area contributed by atoms with Crippen LogP contribution in [0.1, 0.15) is 36.7 Å². The summed E-state index contributed by atoms with van der Waals surface area (Å²) in [5.74, 6) is -0.852. The van der Waals surface area contributed by atoms with Gasteiger partial charge in [-0.05, 0) is 60.5 Å². The predicted molar refractivity (Wildman–Crippen MR) is 129 cm³/mol. The van der Waals surface area contributed by atoms with E-state index in [0.29, 0.717) is 20.6 Å². The van der Waals surface area contributed by atoms with E-state index in [-0.39, 0.29) is 17.8 Å². The summed E-state index contributed by atoms with van der Waals surface area (Å²) in [4.78, 5) is 43.0. The Kier molecular flexibility index (Phi) is 7.44. The molecule has 0 aliphatic carbocycles. The molecule has 1 N–H and O–H groups in total. The first-order valence-corrected chi connectivity index (χ1v) is 11.2. The Labute approximate surface area is 204 Å². The van der Waals surface area contributed by atoms with Gasteiger partial charge in [-0.3, -0.25) is 19.0 Å². The molecule has 10 heteroatoms. The molecule has 0 saturated heterocycles. The van der Waals surface area contributed by atoms with Gasteiger partial charge in [-0.15, -0.1) is 0 Å². The van der Waals surface area contributed by atoms with E-state index < -0.39 is 29.6 Å². The Morgan fingerprint density at radius 1 is 1.21 bits per heavy atom. The second kappa shape index (κ2) is 9.93. The monoisotopic (exact) mass is 535 g/mol. The van der Waals surface area contributed by atoms with Crippen LogP contribution in [0.2, 0.25) is 5.02 Å². The third kappa shape index (κ3) is 5.91. The summed E-state index contributed by atoms with van der Waals surface area (Å²) in [6.07, 6.45) is 1.46. The number of esters is 1. The number of methoxy groups -OCH3 is 1. The summed E-state index contributed by atoms with van der Waals surface area (Å²) in [5, 5.41) is 3.70. The SMILES string of the molecule is COc1c(Br)cnc2c1cc(C(=O)NCc1ccc(Cl)cc1)c(=O)n2CC(=O)OC(C)(C)C. The molecule has 3 aromatic rings. The third-order valence-corrected chi connectivity index (χ3v) is 5.36. The minimum absolute atomic E-state index is 0.154. The van der Waals surface area contributed by atoms with E-state index >= 15 is 0 Å². The van der Waals surface area contributed by atoms with Gasteiger partial charge in [0.25, 0.3) is 11.5 Å². The maximum Gasteiger partial charge on any atom is 0.326 e. The van der Waals surface area contributed by atoms with Crippen molar-refractivity contribution in [3.63, 3.8) is 0 Å². The highest BCUT2D eigenvalue weighted by molar-refractivity contribution is 9.10. The number of carbonyl (C=O) groups excluding carboxylic acids is 2. The average Bonchev–Trinajstić information content (AvgIpc) is 2.73. The molecular weight excluding hydrogens is 514 g/mol. The maximum atomic E-state index is 13.3. The van der Waals surface area contributed by atoms with E-state index in [0.717, 1.165) is 10.1 Å². The van der Waals surface area contributed by atoms with Crippen molar-refractivity contribution in [2.45, 2.75) is 39.5 Å². The number of hydrogen-bond acceptors (Lipinski definition) is 6. The van der Waals surface area contributed by atoms with Crippen LogP contribution in [0, 0.1) is 0 Å². The fraction of sp³-hybridized carbons (Fsp3) is 0.304. The molecule has 2 aromatic heterocycles. The quantitative estimate of drug-likeness (QED) is 0.476. The second-order valence-corrected chi connectivity index (χ2v) is 9.51. The molecule has 0 radical (unpaired) electrons. The number of amides is 1. The van der Waals surface area contributed by atoms with Crippen LogP contribution in [0.3, 0.4) is 0 Å². The lowest BCUT2D eigenvalue weighted by atomic mass is 10.1. The number of ether oxygens (including phenoxy) is 2. The van der Waals surface area contributed by atoms with Crippen LogP contribution in [-0.2, 0) is 22.6 Å². The Morgan fingerprint density at radius 3 is 2.48 bits per heavy atom. The molecule has 0 aliphatic heterocycles. The van der Waals surface area contributed by atoms with Crippen molar-refractivity contribution in [2.24, 2.45) is 0 Å². The van der Waals surface area contributed by atoms with Gasteiger partial charge in [0, 0.05) is 17.8 Å². The van der Waals surface area contributed by atoms with E-state index in [1.54, 1.807) is 45.0 Å². The molecule has 174 valence electrons. The number of nitrogens with zero attached hydrogens (tertiary/aromatic N) is 2. The van der Waals surface area contributed by atoms with Crippen LogP contribution in [0.25, 0.3) is 11.0 Å². The van der Waals surface area contributed by atoms with Gasteiger partial charge in [0.2, 0.25) is 0 Å². The number of carbonyl (C=O) groups is 2. The molecule has 33 heavy (non-hydrogen) atoms. The minimum Gasteiger partial charge on any atom is -0.495 e. The fourth-order valence-corrected chi connectivity index (χ4v) is 3.77. The van der Waals surface area contributed by atoms with Gasteiger partial charge in [-0.1, -0.05) is 23.7 Å². The van der Waals surface area contributed by atoms with Gasteiger partial charge >= 0.3 is 5.97 Å². The standard InChI is InChI=1S/C23H23BrClN3O5/c1-23(2,3)33-18(29)12-28-20-15(19(32-4)17(24)11-26-20)9-16(22(28)31)21(30)27-10-13-5-7-14(25)8-6-13/h5-9,11H,10,12H2,1-4H3,(H,27,30). The Hall–Kier alpha value is -2.91. The van der Waals surface area contributed by atoms with Gasteiger partial charge in [0.05, 0.1) is 17.0 Å². The molecule has 3 rings (SSSR count). The number of halogens is 2. The molecule has 1 aromatic carbocycles. The summed E-state index contributed by atoms with van der Waals surface area (Å²) >= 11 is 9.26. The van der Waals surface area contributed by atoms with Crippen LogP contribution in [0.4, 0.5) is 0 Å². The smallest absolute Gasteiger partial charge is 0.326 e. The van der Waals surface area contributed by atoms with Crippen LogP contribution < -0.4 is 15.6 Å². The lowest BCUT2D eigenvalue weighted by Crippen LogP contribution is -2.36. The average molecular weight is 537 g/mol. The molecule has 1 amide bonds. The lowest BCUT2D eigenvalue weighted by molar-refractivity contribution is -0.155. The summed E-state index contributed by atoms with van der Waals surface area (Å²) < 4.78 is 12.5. The molecule has 0 fully saturated rings. The molecule has 2 heterocycles. The van der Waals surface area contributed by atoms with Crippen LogP contribution in [0.15, 0.2) is 45.8 Å². The highest BCUT2D eigenvalue weighted by Gasteiger charge is 2.23. The second-order valence-electron chi connectivity index (χ2n) is 8.22. The van der Waals surface area contributed by atoms with Gasteiger partial charge in [-0.25, -0.2) is 4.98 Å². The Bertz CT molecular complexity index is 1270. The number of rotatable bonds is 6. The molecular formula is C23H23BrClN3O5. The number of aromatic nitrogens is 2. The highest BCUT2D eigenvalue weighted by Crippen LogP contribution is 2.32. The lowest BCUT2D eigenvalue weighted by Gasteiger charge is -2.20. The van der Waals surface area contributed by atoms with Crippen molar-refractivity contribution < 1.29 is 19.1 Å². The number of pyridine rings is 2. The summed E-state index contributed by atoms with van der Waals surface area (Å²) in [6, 6.07) is 8.38. The van der Waals surface area contributed by atoms with Crippen molar-refractivity contribution in [2.75, 3.05) is 7.11 Å². The molecule has 0 atom stereocenters. The number of hydrogen-bond donors (Lipinski definition) is 1. The molecule has 0 unspecified atom stereocenters. The van der Waals surface area contributed by atoms with Crippen molar-refractivity contribution in [1.29, 1.82) is 0 Å². The third-order valence-electron chi connectivity index (χ3n) is 4.54. The molecule has 0 saturated carbocycles. The van der Waals surface area contributed by atoms with Crippen LogP contribution in [-0.4, -0.2) is 34.1 Å². The van der Waals surface area contributed by atoms with Crippen molar-refractivity contribution in [3.8, 4) is 5.75 Å². The molecule has 0 spiro atoms. The van der Waals surface area contributed by atoms with Crippen LogP contribution >= 0.6 is 27.5 Å². The van der Waals surface area contributed by atoms with E-state index in [1.807, 2.05) is 0 Å².